The molecule has 1 saturated heterocycles. The molecule has 30 heavy (non-hydrogen) atoms. The van der Waals surface area contributed by atoms with Crippen LogP contribution >= 0.6 is 23.4 Å². The number of pyridine rings is 2. The summed E-state index contributed by atoms with van der Waals surface area (Å²) in [6.07, 6.45) is 3.00. The SMILES string of the molecule is O=C(CSc1ccnc2ccc(F)cc12)N1CCOC(COc2cccnc2Cl)C1. The number of benzene rings is 1. The molecule has 0 aliphatic carbocycles. The van der Waals surface area contributed by atoms with Crippen LogP contribution in [0.3, 0.4) is 0 Å². The van der Waals surface area contributed by atoms with E-state index in [-0.39, 0.29) is 30.2 Å². The first-order chi connectivity index (χ1) is 14.6. The van der Waals surface area contributed by atoms with E-state index in [4.69, 9.17) is 21.1 Å². The highest BCUT2D eigenvalue weighted by Crippen LogP contribution is 2.28. The van der Waals surface area contributed by atoms with E-state index in [1.54, 1.807) is 41.6 Å². The predicted octanol–water partition coefficient (Wildman–Crippen LogP) is 3.82. The van der Waals surface area contributed by atoms with Gasteiger partial charge in [-0.3, -0.25) is 9.78 Å². The van der Waals surface area contributed by atoms with Gasteiger partial charge in [0.2, 0.25) is 5.91 Å². The molecule has 0 bridgehead atoms. The van der Waals surface area contributed by atoms with Gasteiger partial charge in [0.25, 0.3) is 0 Å². The number of hydrogen-bond donors (Lipinski definition) is 0. The summed E-state index contributed by atoms with van der Waals surface area (Å²) in [4.78, 5) is 23.5. The average Bonchev–Trinajstić information content (AvgIpc) is 2.77. The van der Waals surface area contributed by atoms with E-state index in [0.29, 0.717) is 41.5 Å². The van der Waals surface area contributed by atoms with E-state index in [9.17, 15) is 9.18 Å². The number of ether oxygens (including phenoxy) is 2. The summed E-state index contributed by atoms with van der Waals surface area (Å²) in [5, 5.41) is 0.996. The van der Waals surface area contributed by atoms with Crippen LogP contribution in [0.2, 0.25) is 5.15 Å². The maximum absolute atomic E-state index is 13.6. The smallest absolute Gasteiger partial charge is 0.233 e. The number of amides is 1. The molecule has 156 valence electrons. The fraction of sp³-hybridized carbons (Fsp3) is 0.286. The fourth-order valence-electron chi connectivity index (χ4n) is 3.16. The number of carbonyl (C=O) groups excluding carboxylic acids is 1. The van der Waals surface area contributed by atoms with Crippen LogP contribution < -0.4 is 4.74 Å². The highest BCUT2D eigenvalue weighted by Gasteiger charge is 2.25. The molecule has 1 amide bonds. The van der Waals surface area contributed by atoms with Crippen molar-refractivity contribution in [3.8, 4) is 5.75 Å². The van der Waals surface area contributed by atoms with E-state index in [1.165, 1.54) is 23.9 Å². The molecule has 2 aromatic heterocycles. The van der Waals surface area contributed by atoms with Crippen LogP contribution in [0.25, 0.3) is 10.9 Å². The number of carbonyl (C=O) groups is 1. The summed E-state index contributed by atoms with van der Waals surface area (Å²) < 4.78 is 25.0. The van der Waals surface area contributed by atoms with Gasteiger partial charge in [-0.05, 0) is 36.4 Å². The van der Waals surface area contributed by atoms with Gasteiger partial charge >= 0.3 is 0 Å². The van der Waals surface area contributed by atoms with Crippen molar-refractivity contribution in [3.05, 3.63) is 59.8 Å². The van der Waals surface area contributed by atoms with Crippen LogP contribution in [0.1, 0.15) is 0 Å². The molecule has 6 nitrogen and oxygen atoms in total. The van der Waals surface area contributed by atoms with Gasteiger partial charge in [0.15, 0.2) is 10.9 Å². The Balaban J connectivity index is 1.34. The lowest BCUT2D eigenvalue weighted by Crippen LogP contribution is -2.48. The van der Waals surface area contributed by atoms with Gasteiger partial charge in [-0.25, -0.2) is 9.37 Å². The maximum atomic E-state index is 13.6. The normalized spacial score (nSPS) is 16.6. The Kier molecular flexibility index (Phi) is 6.66. The minimum atomic E-state index is -0.326. The molecule has 1 aliphatic rings. The topological polar surface area (TPSA) is 64.6 Å². The molecule has 1 unspecified atom stereocenters. The number of halogens is 2. The van der Waals surface area contributed by atoms with Crippen LogP contribution in [-0.2, 0) is 9.53 Å². The zero-order chi connectivity index (χ0) is 20.9. The summed E-state index contributed by atoms with van der Waals surface area (Å²) in [5.74, 6) is 0.401. The maximum Gasteiger partial charge on any atom is 0.233 e. The molecule has 0 N–H and O–H groups in total. The minimum absolute atomic E-state index is 0.00549. The van der Waals surface area contributed by atoms with E-state index >= 15 is 0 Å². The van der Waals surface area contributed by atoms with Crippen molar-refractivity contribution in [1.29, 1.82) is 0 Å². The van der Waals surface area contributed by atoms with Crippen molar-refractivity contribution in [2.24, 2.45) is 0 Å². The first kappa shape index (κ1) is 20.8. The quantitative estimate of drug-likeness (QED) is 0.423. The molecule has 9 heteroatoms. The Morgan fingerprint density at radius 3 is 3.07 bits per heavy atom. The summed E-state index contributed by atoms with van der Waals surface area (Å²) in [7, 11) is 0. The number of fused-ring (bicyclic) bond motifs is 1. The second kappa shape index (κ2) is 9.59. The summed E-state index contributed by atoms with van der Waals surface area (Å²) in [5.41, 5.74) is 0.700. The molecular formula is C21H19ClFN3O3S. The molecule has 3 aromatic rings. The third-order valence-corrected chi connectivity index (χ3v) is 6.00. The van der Waals surface area contributed by atoms with Crippen molar-refractivity contribution in [2.45, 2.75) is 11.0 Å². The highest BCUT2D eigenvalue weighted by atomic mass is 35.5. The Bertz CT molecular complexity index is 1050. The van der Waals surface area contributed by atoms with Gasteiger partial charge in [-0.15, -0.1) is 11.8 Å². The van der Waals surface area contributed by atoms with Gasteiger partial charge < -0.3 is 14.4 Å². The lowest BCUT2D eigenvalue weighted by Gasteiger charge is -2.32. The van der Waals surface area contributed by atoms with Gasteiger partial charge in [0.1, 0.15) is 18.5 Å². The van der Waals surface area contributed by atoms with Gasteiger partial charge in [-0.2, -0.15) is 0 Å². The monoisotopic (exact) mass is 447 g/mol. The van der Waals surface area contributed by atoms with Gasteiger partial charge in [-0.1, -0.05) is 11.6 Å². The van der Waals surface area contributed by atoms with E-state index in [2.05, 4.69) is 9.97 Å². The van der Waals surface area contributed by atoms with Crippen LogP contribution in [-0.4, -0.2) is 58.9 Å². The third-order valence-electron chi connectivity index (χ3n) is 4.66. The molecule has 1 atom stereocenters. The van der Waals surface area contributed by atoms with E-state index < -0.39 is 0 Å². The first-order valence-electron chi connectivity index (χ1n) is 9.40. The van der Waals surface area contributed by atoms with Crippen molar-refractivity contribution >= 4 is 40.2 Å². The summed E-state index contributed by atoms with van der Waals surface area (Å²) in [6.45, 7) is 1.67. The van der Waals surface area contributed by atoms with E-state index in [0.717, 1.165) is 4.90 Å². The largest absolute Gasteiger partial charge is 0.488 e. The van der Waals surface area contributed by atoms with Crippen LogP contribution in [0.5, 0.6) is 5.75 Å². The van der Waals surface area contributed by atoms with Gasteiger partial charge in [0.05, 0.1) is 24.4 Å². The minimum Gasteiger partial charge on any atom is -0.488 e. The predicted molar refractivity (Wildman–Crippen MR) is 113 cm³/mol. The molecule has 0 saturated carbocycles. The summed E-state index contributed by atoms with van der Waals surface area (Å²) in [6, 6.07) is 9.74. The average molecular weight is 448 g/mol. The summed E-state index contributed by atoms with van der Waals surface area (Å²) >= 11 is 7.38. The third kappa shape index (κ3) is 5.00. The number of thioether (sulfide) groups is 1. The molecule has 1 fully saturated rings. The van der Waals surface area contributed by atoms with Crippen LogP contribution in [0.15, 0.2) is 53.7 Å². The Labute approximate surface area is 182 Å². The molecule has 3 heterocycles. The Morgan fingerprint density at radius 1 is 1.30 bits per heavy atom. The number of rotatable bonds is 6. The Hall–Kier alpha value is -2.42. The molecule has 4 rings (SSSR count). The lowest BCUT2D eigenvalue weighted by atomic mass is 10.2. The zero-order valence-electron chi connectivity index (χ0n) is 16.0. The number of morpholine rings is 1. The van der Waals surface area contributed by atoms with Crippen LogP contribution in [0, 0.1) is 5.82 Å². The lowest BCUT2D eigenvalue weighted by molar-refractivity contribution is -0.137. The molecular weight excluding hydrogens is 429 g/mol. The highest BCUT2D eigenvalue weighted by molar-refractivity contribution is 8.00. The van der Waals surface area contributed by atoms with Crippen molar-refractivity contribution in [1.82, 2.24) is 14.9 Å². The molecule has 1 aromatic carbocycles. The fourth-order valence-corrected chi connectivity index (χ4v) is 4.27. The van der Waals surface area contributed by atoms with E-state index in [1.807, 2.05) is 0 Å². The van der Waals surface area contributed by atoms with Crippen molar-refractivity contribution in [3.63, 3.8) is 0 Å². The van der Waals surface area contributed by atoms with Crippen LogP contribution in [0.4, 0.5) is 4.39 Å². The standard InChI is InChI=1S/C21H19ClFN3O3S/c22-21-18(2-1-6-25-21)29-12-15-11-26(8-9-28-15)20(27)13-30-19-5-7-24-17-4-3-14(23)10-16(17)19/h1-7,10,15H,8-9,11-13H2. The number of hydrogen-bond acceptors (Lipinski definition) is 6. The second-order valence-electron chi connectivity index (χ2n) is 6.70. The number of nitrogens with zero attached hydrogens (tertiary/aromatic N) is 3. The number of aromatic nitrogens is 2. The van der Waals surface area contributed by atoms with Crippen molar-refractivity contribution in [2.75, 3.05) is 32.1 Å². The first-order valence-corrected chi connectivity index (χ1v) is 10.8. The molecule has 1 aliphatic heterocycles. The van der Waals surface area contributed by atoms with Crippen molar-refractivity contribution < 1.29 is 18.7 Å². The molecule has 0 spiro atoms. The molecule has 0 radical (unpaired) electrons. The zero-order valence-corrected chi connectivity index (χ0v) is 17.5. The Morgan fingerprint density at radius 2 is 2.20 bits per heavy atom. The second-order valence-corrected chi connectivity index (χ2v) is 8.07. The van der Waals surface area contributed by atoms with Gasteiger partial charge in [0, 0.05) is 29.2 Å².